The Morgan fingerprint density at radius 3 is 2.76 bits per heavy atom. The summed E-state index contributed by atoms with van der Waals surface area (Å²) in [4.78, 5) is 22.5. The normalized spacial score (nSPS) is 16.9. The molecule has 0 N–H and O–H groups in total. The first kappa shape index (κ1) is 17.2. The van der Waals surface area contributed by atoms with Crippen LogP contribution < -0.4 is 9.47 Å². The number of carbonyl (C=O) groups excluding carboxylic acids is 1. The number of hydrogen-bond donors (Lipinski definition) is 0. The molecule has 0 bridgehead atoms. The van der Waals surface area contributed by atoms with Crippen LogP contribution in [0.4, 0.5) is 0 Å². The summed E-state index contributed by atoms with van der Waals surface area (Å²) in [5.41, 5.74) is 1.87. The molecule has 1 aliphatic heterocycles. The Hall–Kier alpha value is -2.64. The molecule has 2 aromatic rings. The molecule has 25 heavy (non-hydrogen) atoms. The van der Waals surface area contributed by atoms with Gasteiger partial charge in [0, 0.05) is 37.3 Å². The van der Waals surface area contributed by atoms with E-state index in [1.54, 1.807) is 12.4 Å². The third-order valence-corrected chi connectivity index (χ3v) is 4.37. The van der Waals surface area contributed by atoms with Gasteiger partial charge in [0.15, 0.2) is 0 Å². The van der Waals surface area contributed by atoms with Crippen molar-refractivity contribution in [3.05, 3.63) is 29.4 Å². The molecule has 0 saturated carbocycles. The van der Waals surface area contributed by atoms with Crippen LogP contribution in [0.25, 0.3) is 0 Å². The SMILES string of the molecule is COc1nccnc1O[C@H]1CCN(C(=O)CCc2c(C)noc2C)C1. The van der Waals surface area contributed by atoms with Gasteiger partial charge in [-0.2, -0.15) is 0 Å². The van der Waals surface area contributed by atoms with Crippen molar-refractivity contribution in [2.45, 2.75) is 39.2 Å². The van der Waals surface area contributed by atoms with Gasteiger partial charge in [0.2, 0.25) is 5.91 Å². The van der Waals surface area contributed by atoms with E-state index in [1.807, 2.05) is 18.7 Å². The third kappa shape index (κ3) is 3.89. The molecule has 8 nitrogen and oxygen atoms in total. The Balaban J connectivity index is 1.53. The topological polar surface area (TPSA) is 90.6 Å². The molecular weight excluding hydrogens is 324 g/mol. The van der Waals surface area contributed by atoms with Gasteiger partial charge in [-0.1, -0.05) is 5.16 Å². The second-order valence-electron chi connectivity index (χ2n) is 6.04. The maximum Gasteiger partial charge on any atom is 0.278 e. The van der Waals surface area contributed by atoms with Crippen molar-refractivity contribution in [1.82, 2.24) is 20.0 Å². The molecule has 1 amide bonds. The van der Waals surface area contributed by atoms with Gasteiger partial charge in [0.05, 0.1) is 19.3 Å². The first-order chi connectivity index (χ1) is 12.1. The van der Waals surface area contributed by atoms with Crippen LogP contribution in [0.3, 0.4) is 0 Å². The van der Waals surface area contributed by atoms with Crippen LogP contribution in [-0.2, 0) is 11.2 Å². The highest BCUT2D eigenvalue weighted by atomic mass is 16.5. The van der Waals surface area contributed by atoms with Gasteiger partial charge in [-0.15, -0.1) is 0 Å². The molecule has 3 heterocycles. The van der Waals surface area contributed by atoms with Gasteiger partial charge < -0.3 is 18.9 Å². The average Bonchev–Trinajstić information content (AvgIpc) is 3.21. The van der Waals surface area contributed by atoms with Crippen molar-refractivity contribution in [2.75, 3.05) is 20.2 Å². The van der Waals surface area contributed by atoms with Crippen molar-refractivity contribution < 1.29 is 18.8 Å². The van der Waals surface area contributed by atoms with Crippen LogP contribution in [0.15, 0.2) is 16.9 Å². The molecule has 8 heteroatoms. The first-order valence-electron chi connectivity index (χ1n) is 8.29. The maximum absolute atomic E-state index is 12.5. The number of methoxy groups -OCH3 is 1. The van der Waals surface area contributed by atoms with Crippen LogP contribution >= 0.6 is 0 Å². The summed E-state index contributed by atoms with van der Waals surface area (Å²) in [6.45, 7) is 4.98. The van der Waals surface area contributed by atoms with Crippen LogP contribution in [-0.4, -0.2) is 52.2 Å². The van der Waals surface area contributed by atoms with Crippen LogP contribution in [0.5, 0.6) is 11.8 Å². The fourth-order valence-electron chi connectivity index (χ4n) is 2.99. The van der Waals surface area contributed by atoms with Crippen LogP contribution in [0.1, 0.15) is 29.9 Å². The lowest BCUT2D eigenvalue weighted by Gasteiger charge is -2.17. The van der Waals surface area contributed by atoms with Crippen LogP contribution in [0.2, 0.25) is 0 Å². The highest BCUT2D eigenvalue weighted by Gasteiger charge is 2.28. The predicted molar refractivity (Wildman–Crippen MR) is 88.5 cm³/mol. The van der Waals surface area contributed by atoms with Gasteiger partial charge in [0.1, 0.15) is 11.9 Å². The average molecular weight is 346 g/mol. The summed E-state index contributed by atoms with van der Waals surface area (Å²) < 4.78 is 16.1. The zero-order valence-electron chi connectivity index (χ0n) is 14.7. The Morgan fingerprint density at radius 2 is 2.08 bits per heavy atom. The second-order valence-corrected chi connectivity index (χ2v) is 6.04. The van der Waals surface area contributed by atoms with Crippen molar-refractivity contribution in [1.29, 1.82) is 0 Å². The van der Waals surface area contributed by atoms with E-state index in [1.165, 1.54) is 7.11 Å². The number of hydrogen-bond acceptors (Lipinski definition) is 7. The van der Waals surface area contributed by atoms with E-state index in [4.69, 9.17) is 14.0 Å². The van der Waals surface area contributed by atoms with E-state index in [2.05, 4.69) is 15.1 Å². The summed E-state index contributed by atoms with van der Waals surface area (Å²) in [5, 5.41) is 3.92. The van der Waals surface area contributed by atoms with E-state index >= 15 is 0 Å². The van der Waals surface area contributed by atoms with Gasteiger partial charge in [-0.05, 0) is 20.3 Å². The van der Waals surface area contributed by atoms with Gasteiger partial charge >= 0.3 is 0 Å². The summed E-state index contributed by atoms with van der Waals surface area (Å²) in [5.74, 6) is 1.60. The highest BCUT2D eigenvalue weighted by molar-refractivity contribution is 5.76. The summed E-state index contributed by atoms with van der Waals surface area (Å²) in [7, 11) is 1.52. The van der Waals surface area contributed by atoms with Crippen molar-refractivity contribution >= 4 is 5.91 Å². The van der Waals surface area contributed by atoms with Crippen molar-refractivity contribution in [3.8, 4) is 11.8 Å². The quantitative estimate of drug-likeness (QED) is 0.786. The number of ether oxygens (including phenoxy) is 2. The minimum atomic E-state index is -0.103. The maximum atomic E-state index is 12.5. The zero-order chi connectivity index (χ0) is 17.8. The van der Waals surface area contributed by atoms with E-state index in [-0.39, 0.29) is 12.0 Å². The molecule has 0 spiro atoms. The number of aryl methyl sites for hydroxylation is 2. The van der Waals surface area contributed by atoms with Crippen molar-refractivity contribution in [2.24, 2.45) is 0 Å². The molecular formula is C17H22N4O4. The molecule has 0 radical (unpaired) electrons. The number of likely N-dealkylation sites (tertiary alicyclic amines) is 1. The molecule has 1 aliphatic rings. The lowest BCUT2D eigenvalue weighted by molar-refractivity contribution is -0.130. The predicted octanol–water partition coefficient (Wildman–Crippen LogP) is 1.70. The zero-order valence-corrected chi connectivity index (χ0v) is 14.7. The minimum absolute atomic E-state index is 0.103. The molecule has 134 valence electrons. The number of amides is 1. The highest BCUT2D eigenvalue weighted by Crippen LogP contribution is 2.24. The number of nitrogens with zero attached hydrogens (tertiary/aromatic N) is 4. The van der Waals surface area contributed by atoms with Crippen LogP contribution in [0, 0.1) is 13.8 Å². The van der Waals surface area contributed by atoms with Crippen molar-refractivity contribution in [3.63, 3.8) is 0 Å². The largest absolute Gasteiger partial charge is 0.477 e. The number of rotatable bonds is 6. The molecule has 3 rings (SSSR count). The number of carbonyl (C=O) groups is 1. The van der Waals surface area contributed by atoms with E-state index in [9.17, 15) is 4.79 Å². The Labute approximate surface area is 146 Å². The summed E-state index contributed by atoms with van der Waals surface area (Å²) in [6, 6.07) is 0. The van der Waals surface area contributed by atoms with Gasteiger partial charge in [0.25, 0.3) is 11.8 Å². The van der Waals surface area contributed by atoms with Gasteiger partial charge in [-0.3, -0.25) is 4.79 Å². The standard InChI is InChI=1S/C17H22N4O4/c1-11-14(12(2)25-20-11)4-5-15(22)21-9-6-13(10-21)24-17-16(23-3)18-7-8-19-17/h7-8,13H,4-6,9-10H2,1-3H3/t13-/m0/s1. The second kappa shape index (κ2) is 7.50. The molecule has 0 aliphatic carbocycles. The molecule has 1 atom stereocenters. The fourth-order valence-corrected chi connectivity index (χ4v) is 2.99. The fraction of sp³-hybridized carbons (Fsp3) is 0.529. The Kier molecular flexibility index (Phi) is 5.16. The smallest absolute Gasteiger partial charge is 0.278 e. The summed E-state index contributed by atoms with van der Waals surface area (Å²) in [6.07, 6.45) is 4.83. The van der Waals surface area contributed by atoms with E-state index in [0.717, 1.165) is 23.4 Å². The molecule has 1 fully saturated rings. The molecule has 0 aromatic carbocycles. The van der Waals surface area contributed by atoms with E-state index in [0.29, 0.717) is 37.7 Å². The lowest BCUT2D eigenvalue weighted by atomic mass is 10.1. The molecule has 0 unspecified atom stereocenters. The summed E-state index contributed by atoms with van der Waals surface area (Å²) >= 11 is 0. The lowest BCUT2D eigenvalue weighted by Crippen LogP contribution is -2.31. The third-order valence-electron chi connectivity index (χ3n) is 4.37. The monoisotopic (exact) mass is 346 g/mol. The minimum Gasteiger partial charge on any atom is -0.477 e. The Bertz CT molecular complexity index is 726. The first-order valence-corrected chi connectivity index (χ1v) is 8.29. The van der Waals surface area contributed by atoms with Gasteiger partial charge in [-0.25, -0.2) is 9.97 Å². The van der Waals surface area contributed by atoms with E-state index < -0.39 is 0 Å². The molecule has 1 saturated heterocycles. The Morgan fingerprint density at radius 1 is 1.32 bits per heavy atom. The molecule has 2 aromatic heterocycles. The number of aromatic nitrogens is 3.